The molecule has 10 heteroatoms. The lowest BCUT2D eigenvalue weighted by atomic mass is 10.0. The second kappa shape index (κ2) is 8.38. The number of nitrogens with zero attached hydrogens (tertiary/aromatic N) is 4. The smallest absolute Gasteiger partial charge is 0.336 e. The molecule has 0 bridgehead atoms. The van der Waals surface area contributed by atoms with Crippen LogP contribution in [0.4, 0.5) is 4.39 Å². The summed E-state index contributed by atoms with van der Waals surface area (Å²) in [7, 11) is 3.11. The molecular formula is C23H22FN5O4. The number of carbonyl (C=O) groups excluding carboxylic acids is 1. The maximum absolute atomic E-state index is 14.8. The number of hydrogen-bond donors (Lipinski definition) is 2. The van der Waals surface area contributed by atoms with Crippen LogP contribution in [0.15, 0.2) is 52.1 Å². The number of aromatic nitrogens is 4. The highest BCUT2D eigenvalue weighted by Gasteiger charge is 2.22. The van der Waals surface area contributed by atoms with Crippen molar-refractivity contribution in [1.29, 1.82) is 0 Å². The van der Waals surface area contributed by atoms with Crippen molar-refractivity contribution in [3.8, 4) is 11.6 Å². The predicted molar refractivity (Wildman–Crippen MR) is 120 cm³/mol. The van der Waals surface area contributed by atoms with Crippen molar-refractivity contribution in [3.05, 3.63) is 86.1 Å². The molecule has 0 saturated heterocycles. The molecule has 2 aromatic carbocycles. The Labute approximate surface area is 187 Å². The maximum atomic E-state index is 14.8. The molecule has 170 valence electrons. The number of H-pyrrole nitrogens is 1. The molecule has 1 amide bonds. The normalized spacial score (nSPS) is 11.2. The summed E-state index contributed by atoms with van der Waals surface area (Å²) in [5.41, 5.74) is 0.136. The number of imidazole rings is 1. The Kier molecular flexibility index (Phi) is 5.59. The highest BCUT2D eigenvalue weighted by atomic mass is 19.1. The standard InChI is InChI=1S/C23H22FN5O4/c1-13-22(32)29(23(33)28(13)12-20(30)27(2)3)19-11-14(8-9-17(19)24)10-18-15-6-4-5-7-16(15)21(31)26-25-18/h4-9,11,32H,10,12H2,1-3H3,(H,26,31). The van der Waals surface area contributed by atoms with Crippen LogP contribution in [-0.2, 0) is 17.8 Å². The number of benzene rings is 2. The molecule has 4 aromatic rings. The van der Waals surface area contributed by atoms with E-state index in [-0.39, 0.29) is 35.8 Å². The summed E-state index contributed by atoms with van der Waals surface area (Å²) < 4.78 is 16.7. The van der Waals surface area contributed by atoms with Gasteiger partial charge in [0, 0.05) is 25.9 Å². The number of amides is 1. The van der Waals surface area contributed by atoms with E-state index in [9.17, 15) is 23.9 Å². The number of likely N-dealkylation sites (N-methyl/N-ethyl adjacent to an activating group) is 1. The molecule has 0 spiro atoms. The molecule has 2 N–H and O–H groups in total. The average molecular weight is 451 g/mol. The summed E-state index contributed by atoms with van der Waals surface area (Å²) >= 11 is 0. The van der Waals surface area contributed by atoms with Crippen molar-refractivity contribution in [2.45, 2.75) is 19.9 Å². The van der Waals surface area contributed by atoms with E-state index in [2.05, 4.69) is 10.2 Å². The molecule has 0 saturated carbocycles. The summed E-state index contributed by atoms with van der Waals surface area (Å²) in [5.74, 6) is -1.51. The van der Waals surface area contributed by atoms with Gasteiger partial charge in [0.2, 0.25) is 11.8 Å². The Balaban J connectivity index is 1.79. The van der Waals surface area contributed by atoms with Crippen LogP contribution in [0.25, 0.3) is 16.5 Å². The van der Waals surface area contributed by atoms with Gasteiger partial charge in [-0.1, -0.05) is 24.3 Å². The molecule has 0 aliphatic rings. The minimum absolute atomic E-state index is 0.147. The lowest BCUT2D eigenvalue weighted by molar-refractivity contribution is -0.129. The third-order valence-corrected chi connectivity index (χ3v) is 5.55. The van der Waals surface area contributed by atoms with E-state index in [1.165, 1.54) is 24.0 Å². The largest absolute Gasteiger partial charge is 0.493 e. The van der Waals surface area contributed by atoms with E-state index in [1.54, 1.807) is 44.4 Å². The molecule has 0 fully saturated rings. The Morgan fingerprint density at radius 3 is 2.55 bits per heavy atom. The lowest BCUT2D eigenvalue weighted by Crippen LogP contribution is -2.32. The van der Waals surface area contributed by atoms with Crippen LogP contribution >= 0.6 is 0 Å². The van der Waals surface area contributed by atoms with E-state index >= 15 is 0 Å². The number of aromatic amines is 1. The van der Waals surface area contributed by atoms with Crippen LogP contribution in [0.1, 0.15) is 17.0 Å². The Morgan fingerprint density at radius 2 is 1.85 bits per heavy atom. The summed E-state index contributed by atoms with van der Waals surface area (Å²) in [6.07, 6.45) is 0.249. The fourth-order valence-corrected chi connectivity index (χ4v) is 3.66. The third-order valence-electron chi connectivity index (χ3n) is 5.55. The van der Waals surface area contributed by atoms with Crippen molar-refractivity contribution in [2.24, 2.45) is 0 Å². The van der Waals surface area contributed by atoms with Crippen LogP contribution in [0.3, 0.4) is 0 Å². The van der Waals surface area contributed by atoms with Gasteiger partial charge in [-0.3, -0.25) is 14.2 Å². The van der Waals surface area contributed by atoms with Gasteiger partial charge < -0.3 is 10.0 Å². The van der Waals surface area contributed by atoms with Gasteiger partial charge in [-0.05, 0) is 30.7 Å². The molecular weight excluding hydrogens is 429 g/mol. The zero-order chi connectivity index (χ0) is 23.9. The van der Waals surface area contributed by atoms with Crippen molar-refractivity contribution >= 4 is 16.7 Å². The fourth-order valence-electron chi connectivity index (χ4n) is 3.66. The Hall–Kier alpha value is -4.21. The van der Waals surface area contributed by atoms with Crippen LogP contribution in [0.5, 0.6) is 5.88 Å². The first kappa shape index (κ1) is 22.0. The van der Waals surface area contributed by atoms with Gasteiger partial charge in [0.05, 0.1) is 22.5 Å². The first-order valence-electron chi connectivity index (χ1n) is 10.2. The first-order valence-corrected chi connectivity index (χ1v) is 10.2. The van der Waals surface area contributed by atoms with E-state index < -0.39 is 17.4 Å². The number of aromatic hydroxyl groups is 1. The molecule has 2 heterocycles. The van der Waals surface area contributed by atoms with Crippen molar-refractivity contribution in [1.82, 2.24) is 24.2 Å². The number of fused-ring (bicyclic) bond motifs is 1. The number of hydrogen-bond acceptors (Lipinski definition) is 5. The molecule has 0 aliphatic carbocycles. The first-order chi connectivity index (χ1) is 15.7. The molecule has 0 radical (unpaired) electrons. The van der Waals surface area contributed by atoms with Crippen molar-refractivity contribution < 1.29 is 14.3 Å². The summed E-state index contributed by atoms with van der Waals surface area (Å²) in [5, 5.41) is 18.3. The van der Waals surface area contributed by atoms with Gasteiger partial charge in [-0.2, -0.15) is 5.10 Å². The number of carbonyl (C=O) groups is 1. The topological polar surface area (TPSA) is 113 Å². The second-order valence-corrected chi connectivity index (χ2v) is 7.91. The van der Waals surface area contributed by atoms with Gasteiger partial charge in [0.25, 0.3) is 5.56 Å². The predicted octanol–water partition coefficient (Wildman–Crippen LogP) is 1.71. The lowest BCUT2D eigenvalue weighted by Gasteiger charge is -2.10. The van der Waals surface area contributed by atoms with Gasteiger partial charge >= 0.3 is 5.69 Å². The van der Waals surface area contributed by atoms with Gasteiger partial charge in [-0.15, -0.1) is 0 Å². The summed E-state index contributed by atoms with van der Waals surface area (Å²) in [4.78, 5) is 38.4. The quantitative estimate of drug-likeness (QED) is 0.480. The zero-order valence-electron chi connectivity index (χ0n) is 18.3. The summed E-state index contributed by atoms with van der Waals surface area (Å²) in [6.45, 7) is 1.20. The van der Waals surface area contributed by atoms with Gasteiger partial charge in [0.1, 0.15) is 12.4 Å². The van der Waals surface area contributed by atoms with Crippen LogP contribution in [0, 0.1) is 12.7 Å². The van der Waals surface area contributed by atoms with Gasteiger partial charge in [-0.25, -0.2) is 18.9 Å². The SMILES string of the molecule is Cc1c(O)n(-c2cc(Cc3n[nH]c(=O)c4ccccc34)ccc2F)c(=O)n1CC(=O)N(C)C. The summed E-state index contributed by atoms with van der Waals surface area (Å²) in [6, 6.07) is 11.2. The minimum Gasteiger partial charge on any atom is -0.493 e. The minimum atomic E-state index is -0.733. The second-order valence-electron chi connectivity index (χ2n) is 7.91. The molecule has 9 nitrogen and oxygen atoms in total. The van der Waals surface area contributed by atoms with E-state index in [0.717, 1.165) is 9.13 Å². The number of rotatable bonds is 5. The highest BCUT2D eigenvalue weighted by molar-refractivity contribution is 5.83. The monoisotopic (exact) mass is 451 g/mol. The van der Waals surface area contributed by atoms with Crippen LogP contribution < -0.4 is 11.2 Å². The van der Waals surface area contributed by atoms with E-state index in [0.29, 0.717) is 22.0 Å². The Bertz CT molecular complexity index is 1500. The van der Waals surface area contributed by atoms with Crippen LogP contribution in [0.2, 0.25) is 0 Å². The molecule has 33 heavy (non-hydrogen) atoms. The molecule has 0 atom stereocenters. The molecule has 0 unspecified atom stereocenters. The van der Waals surface area contributed by atoms with Crippen LogP contribution in [-0.4, -0.2) is 49.3 Å². The number of halogens is 1. The highest BCUT2D eigenvalue weighted by Crippen LogP contribution is 2.24. The zero-order valence-corrected chi connectivity index (χ0v) is 18.3. The molecule has 2 aromatic heterocycles. The van der Waals surface area contributed by atoms with E-state index in [1.807, 2.05) is 0 Å². The van der Waals surface area contributed by atoms with Gasteiger partial charge in [0.15, 0.2) is 0 Å². The third kappa shape index (κ3) is 3.91. The van der Waals surface area contributed by atoms with E-state index in [4.69, 9.17) is 0 Å². The number of nitrogens with one attached hydrogen (secondary N) is 1. The maximum Gasteiger partial charge on any atom is 0.336 e. The van der Waals surface area contributed by atoms with Crippen molar-refractivity contribution in [3.63, 3.8) is 0 Å². The average Bonchev–Trinajstić information content (AvgIpc) is 3.00. The molecule has 0 aliphatic heterocycles. The molecule has 4 rings (SSSR count). The fraction of sp³-hybridized carbons (Fsp3) is 0.217. The van der Waals surface area contributed by atoms with Crippen molar-refractivity contribution in [2.75, 3.05) is 14.1 Å². The Morgan fingerprint density at radius 1 is 1.15 bits per heavy atom.